The van der Waals surface area contributed by atoms with E-state index in [0.29, 0.717) is 0 Å². The normalized spacial score (nSPS) is 12.0. The molecule has 33 heavy (non-hydrogen) atoms. The maximum absolute atomic E-state index is 13.1. The van der Waals surface area contributed by atoms with Crippen molar-refractivity contribution in [3.63, 3.8) is 0 Å². The summed E-state index contributed by atoms with van der Waals surface area (Å²) >= 11 is 0. The molecule has 0 heterocycles. The number of hydrogen-bond donors (Lipinski definition) is 3. The molecule has 2 aromatic carbocycles. The molecular formula is C21H29N3O7S2. The van der Waals surface area contributed by atoms with E-state index in [9.17, 15) is 21.6 Å². The average molecular weight is 500 g/mol. The van der Waals surface area contributed by atoms with Crippen LogP contribution in [0.1, 0.15) is 38.1 Å². The lowest BCUT2D eigenvalue weighted by atomic mass is 10.2. The zero-order valence-corrected chi connectivity index (χ0v) is 20.9. The first kappa shape index (κ1) is 26.4. The molecule has 0 saturated heterocycles. The molecule has 0 aliphatic rings. The predicted molar refractivity (Wildman–Crippen MR) is 125 cm³/mol. The van der Waals surface area contributed by atoms with Crippen molar-refractivity contribution in [2.75, 3.05) is 18.9 Å². The van der Waals surface area contributed by atoms with Crippen LogP contribution in [-0.2, 0) is 20.0 Å². The van der Waals surface area contributed by atoms with Gasteiger partial charge < -0.3 is 14.8 Å². The number of sulfonamides is 2. The number of amides is 1. The first-order chi connectivity index (χ1) is 15.3. The summed E-state index contributed by atoms with van der Waals surface area (Å²) in [5, 5.41) is 2.69. The van der Waals surface area contributed by atoms with Gasteiger partial charge in [-0.1, -0.05) is 0 Å². The maximum Gasteiger partial charge on any atom is 0.262 e. The smallest absolute Gasteiger partial charge is 0.262 e. The molecule has 12 heteroatoms. The van der Waals surface area contributed by atoms with Gasteiger partial charge in [-0.05, 0) is 64.1 Å². The molecule has 0 atom stereocenters. The van der Waals surface area contributed by atoms with E-state index in [4.69, 9.17) is 9.47 Å². The summed E-state index contributed by atoms with van der Waals surface area (Å²) in [4.78, 5) is 12.2. The van der Waals surface area contributed by atoms with Crippen molar-refractivity contribution in [1.29, 1.82) is 0 Å². The summed E-state index contributed by atoms with van der Waals surface area (Å²) in [7, 11) is -5.40. The third kappa shape index (κ3) is 6.59. The second kappa shape index (κ2) is 10.4. The van der Waals surface area contributed by atoms with E-state index in [2.05, 4.69) is 14.8 Å². The van der Waals surface area contributed by atoms with Gasteiger partial charge in [0.1, 0.15) is 11.5 Å². The molecule has 182 valence electrons. The standard InChI is InChI=1S/C21H29N3O7S2/c1-13(2)22-21(25)17-11-15(7-9-19(17)30-5)33(28,29)24-18-12-16(8-10-20(18)31-6)32(26,27)23-14(3)4/h7-14,23-24H,1-6H3,(H,22,25). The highest BCUT2D eigenvalue weighted by Crippen LogP contribution is 2.31. The van der Waals surface area contributed by atoms with Crippen LogP contribution in [0.5, 0.6) is 11.5 Å². The van der Waals surface area contributed by atoms with Gasteiger partial charge in [-0.2, -0.15) is 0 Å². The highest BCUT2D eigenvalue weighted by molar-refractivity contribution is 7.92. The minimum Gasteiger partial charge on any atom is -0.496 e. The van der Waals surface area contributed by atoms with Crippen molar-refractivity contribution < 1.29 is 31.1 Å². The Morgan fingerprint density at radius 2 is 1.33 bits per heavy atom. The van der Waals surface area contributed by atoms with Crippen LogP contribution in [-0.4, -0.2) is 49.0 Å². The van der Waals surface area contributed by atoms with E-state index in [1.807, 2.05) is 0 Å². The number of carbonyl (C=O) groups is 1. The van der Waals surface area contributed by atoms with Crippen LogP contribution < -0.4 is 24.2 Å². The van der Waals surface area contributed by atoms with Gasteiger partial charge in [-0.25, -0.2) is 21.6 Å². The van der Waals surface area contributed by atoms with Crippen LogP contribution in [0.2, 0.25) is 0 Å². The van der Waals surface area contributed by atoms with E-state index >= 15 is 0 Å². The molecule has 0 unspecified atom stereocenters. The summed E-state index contributed by atoms with van der Waals surface area (Å²) in [6.07, 6.45) is 0. The molecule has 10 nitrogen and oxygen atoms in total. The van der Waals surface area contributed by atoms with Crippen molar-refractivity contribution in [3.8, 4) is 11.5 Å². The fourth-order valence-electron chi connectivity index (χ4n) is 2.89. The number of hydrogen-bond acceptors (Lipinski definition) is 7. The summed E-state index contributed by atoms with van der Waals surface area (Å²) in [6, 6.07) is 7.13. The topological polar surface area (TPSA) is 140 Å². The maximum atomic E-state index is 13.1. The first-order valence-corrected chi connectivity index (χ1v) is 13.0. The Labute approximate surface area is 194 Å². The summed E-state index contributed by atoms with van der Waals surface area (Å²) in [5.74, 6) is -0.171. The van der Waals surface area contributed by atoms with Gasteiger partial charge in [-0.3, -0.25) is 9.52 Å². The van der Waals surface area contributed by atoms with Gasteiger partial charge in [0.2, 0.25) is 10.0 Å². The van der Waals surface area contributed by atoms with Crippen molar-refractivity contribution in [1.82, 2.24) is 10.0 Å². The lowest BCUT2D eigenvalue weighted by Crippen LogP contribution is -2.30. The highest BCUT2D eigenvalue weighted by atomic mass is 32.2. The van der Waals surface area contributed by atoms with Gasteiger partial charge in [0.25, 0.3) is 15.9 Å². The Kier molecular flexibility index (Phi) is 8.33. The van der Waals surface area contributed by atoms with Crippen molar-refractivity contribution in [2.24, 2.45) is 0 Å². The molecule has 2 aromatic rings. The van der Waals surface area contributed by atoms with Gasteiger partial charge >= 0.3 is 0 Å². The highest BCUT2D eigenvalue weighted by Gasteiger charge is 2.23. The minimum absolute atomic E-state index is 0.0403. The van der Waals surface area contributed by atoms with Crippen LogP contribution in [0.15, 0.2) is 46.2 Å². The van der Waals surface area contributed by atoms with Crippen molar-refractivity contribution >= 4 is 31.6 Å². The molecule has 1 amide bonds. The number of carbonyl (C=O) groups excluding carboxylic acids is 1. The van der Waals surface area contributed by atoms with E-state index in [1.165, 1.54) is 44.6 Å². The molecule has 0 aliphatic heterocycles. The average Bonchev–Trinajstić information content (AvgIpc) is 2.71. The number of methoxy groups -OCH3 is 2. The summed E-state index contributed by atoms with van der Waals surface area (Å²) in [5.41, 5.74) is -0.0355. The lowest BCUT2D eigenvalue weighted by molar-refractivity contribution is 0.0940. The Morgan fingerprint density at radius 3 is 1.85 bits per heavy atom. The molecule has 0 aliphatic carbocycles. The first-order valence-electron chi connectivity index (χ1n) is 10.0. The van der Waals surface area contributed by atoms with Crippen molar-refractivity contribution in [2.45, 2.75) is 49.6 Å². The fraction of sp³-hybridized carbons (Fsp3) is 0.381. The third-order valence-corrected chi connectivity index (χ3v) is 7.28. The Hall–Kier alpha value is -2.83. The molecule has 0 spiro atoms. The molecule has 0 aromatic heterocycles. The fourth-order valence-corrected chi connectivity index (χ4v) is 5.25. The predicted octanol–water partition coefficient (Wildman–Crippen LogP) is 2.33. The van der Waals surface area contributed by atoms with Crippen LogP contribution in [0, 0.1) is 0 Å². The molecule has 2 rings (SSSR count). The van der Waals surface area contributed by atoms with Crippen LogP contribution in [0.25, 0.3) is 0 Å². The third-order valence-electron chi connectivity index (χ3n) is 4.26. The number of ether oxygens (including phenoxy) is 2. The Morgan fingerprint density at radius 1 is 0.788 bits per heavy atom. The van der Waals surface area contributed by atoms with Crippen LogP contribution in [0.4, 0.5) is 5.69 Å². The van der Waals surface area contributed by atoms with E-state index in [1.54, 1.807) is 27.7 Å². The second-order valence-electron chi connectivity index (χ2n) is 7.73. The second-order valence-corrected chi connectivity index (χ2v) is 11.1. The molecule has 0 saturated carbocycles. The van der Waals surface area contributed by atoms with Gasteiger partial charge in [0.15, 0.2) is 0 Å². The molecule has 3 N–H and O–H groups in total. The molecule has 0 fully saturated rings. The van der Waals surface area contributed by atoms with Gasteiger partial charge in [-0.15, -0.1) is 0 Å². The Bertz CT molecular complexity index is 1220. The zero-order valence-electron chi connectivity index (χ0n) is 19.3. The van der Waals surface area contributed by atoms with E-state index < -0.39 is 26.0 Å². The quantitative estimate of drug-likeness (QED) is 0.456. The minimum atomic E-state index is -4.22. The van der Waals surface area contributed by atoms with Crippen LogP contribution in [0.3, 0.4) is 0 Å². The molecule has 0 bridgehead atoms. The number of anilines is 1. The molecular weight excluding hydrogens is 470 g/mol. The van der Waals surface area contributed by atoms with E-state index in [-0.39, 0.29) is 44.6 Å². The van der Waals surface area contributed by atoms with Gasteiger partial charge in [0, 0.05) is 12.1 Å². The largest absolute Gasteiger partial charge is 0.496 e. The number of benzene rings is 2. The van der Waals surface area contributed by atoms with Crippen LogP contribution >= 0.6 is 0 Å². The van der Waals surface area contributed by atoms with Gasteiger partial charge in [0.05, 0.1) is 35.3 Å². The number of nitrogens with one attached hydrogen (secondary N) is 3. The lowest BCUT2D eigenvalue weighted by Gasteiger charge is -2.16. The van der Waals surface area contributed by atoms with Crippen molar-refractivity contribution in [3.05, 3.63) is 42.0 Å². The zero-order chi connectivity index (χ0) is 25.0. The summed E-state index contributed by atoms with van der Waals surface area (Å²) in [6.45, 7) is 6.88. The molecule has 0 radical (unpaired) electrons. The SMILES string of the molecule is COc1ccc(S(=O)(=O)NC(C)C)cc1NS(=O)(=O)c1ccc(OC)c(C(=O)NC(C)C)c1. The summed E-state index contributed by atoms with van der Waals surface area (Å²) < 4.78 is 66.4. The number of rotatable bonds is 10. The van der Waals surface area contributed by atoms with E-state index in [0.717, 1.165) is 6.07 Å². The Balaban J connectivity index is 2.50. The monoisotopic (exact) mass is 499 g/mol.